The third kappa shape index (κ3) is 4.09. The van der Waals surface area contributed by atoms with Crippen molar-refractivity contribution < 1.29 is 9.90 Å². The van der Waals surface area contributed by atoms with E-state index in [0.29, 0.717) is 5.92 Å². The standard InChI is InChI=1S/C13H21NO2/c1-3-6-11(2)9-12(10-13(15)16)14-7-4-5-8-14/h3,6,10-11H,4-5,7-9H2,1-2H3,(H,15,16)/b6-3+,12-10-/t11-/m0/s1. The van der Waals surface area contributed by atoms with Crippen molar-refractivity contribution in [1.82, 2.24) is 4.90 Å². The van der Waals surface area contributed by atoms with Crippen LogP contribution in [0.2, 0.25) is 0 Å². The van der Waals surface area contributed by atoms with E-state index >= 15 is 0 Å². The van der Waals surface area contributed by atoms with Crippen molar-refractivity contribution in [2.24, 2.45) is 5.92 Å². The molecule has 1 aliphatic rings. The van der Waals surface area contributed by atoms with Crippen LogP contribution in [0.4, 0.5) is 0 Å². The first kappa shape index (κ1) is 12.8. The molecule has 3 heteroatoms. The van der Waals surface area contributed by atoms with Crippen LogP contribution < -0.4 is 0 Å². The van der Waals surface area contributed by atoms with Gasteiger partial charge in [0.15, 0.2) is 0 Å². The predicted octanol–water partition coefficient (Wildman–Crippen LogP) is 2.65. The maximum atomic E-state index is 10.8. The van der Waals surface area contributed by atoms with Crippen molar-refractivity contribution in [3.8, 4) is 0 Å². The SMILES string of the molecule is C/C=C/[C@H](C)C/C(=C/C(=O)O)N1CCCC1. The highest BCUT2D eigenvalue weighted by Crippen LogP contribution is 2.21. The minimum Gasteiger partial charge on any atom is -0.478 e. The summed E-state index contributed by atoms with van der Waals surface area (Å²) in [7, 11) is 0. The van der Waals surface area contributed by atoms with E-state index in [4.69, 9.17) is 5.11 Å². The highest BCUT2D eigenvalue weighted by Gasteiger charge is 2.17. The quantitative estimate of drug-likeness (QED) is 0.575. The summed E-state index contributed by atoms with van der Waals surface area (Å²) in [6.07, 6.45) is 8.67. The molecule has 0 spiro atoms. The molecule has 0 aromatic heterocycles. The average Bonchev–Trinajstić information content (AvgIpc) is 2.68. The van der Waals surface area contributed by atoms with Crippen molar-refractivity contribution >= 4 is 5.97 Å². The largest absolute Gasteiger partial charge is 0.478 e. The van der Waals surface area contributed by atoms with Crippen LogP contribution in [-0.4, -0.2) is 29.1 Å². The first-order valence-electron chi connectivity index (χ1n) is 5.94. The summed E-state index contributed by atoms with van der Waals surface area (Å²) in [6, 6.07) is 0. The van der Waals surface area contributed by atoms with E-state index in [9.17, 15) is 4.79 Å². The van der Waals surface area contributed by atoms with Gasteiger partial charge in [-0.1, -0.05) is 19.1 Å². The Bertz CT molecular complexity index is 288. The van der Waals surface area contributed by atoms with Crippen molar-refractivity contribution in [3.63, 3.8) is 0 Å². The molecule has 0 aromatic carbocycles. The molecule has 1 rings (SSSR count). The Balaban J connectivity index is 2.67. The summed E-state index contributed by atoms with van der Waals surface area (Å²) in [6.45, 7) is 6.11. The number of nitrogens with zero attached hydrogens (tertiary/aromatic N) is 1. The molecule has 0 aliphatic carbocycles. The highest BCUT2D eigenvalue weighted by molar-refractivity contribution is 5.80. The number of likely N-dealkylation sites (tertiary alicyclic amines) is 1. The van der Waals surface area contributed by atoms with E-state index in [1.165, 1.54) is 18.9 Å². The number of rotatable bonds is 5. The molecule has 3 nitrogen and oxygen atoms in total. The second-order valence-corrected chi connectivity index (χ2v) is 4.38. The summed E-state index contributed by atoms with van der Waals surface area (Å²) >= 11 is 0. The van der Waals surface area contributed by atoms with Gasteiger partial charge in [-0.3, -0.25) is 0 Å². The molecule has 0 aromatic rings. The second-order valence-electron chi connectivity index (χ2n) is 4.38. The van der Waals surface area contributed by atoms with Crippen molar-refractivity contribution in [2.45, 2.75) is 33.1 Å². The van der Waals surface area contributed by atoms with Gasteiger partial charge in [0.25, 0.3) is 0 Å². The van der Waals surface area contributed by atoms with Gasteiger partial charge in [-0.25, -0.2) is 4.79 Å². The molecule has 1 saturated heterocycles. The van der Waals surface area contributed by atoms with E-state index in [2.05, 4.69) is 17.9 Å². The van der Waals surface area contributed by atoms with Gasteiger partial charge < -0.3 is 10.0 Å². The van der Waals surface area contributed by atoms with E-state index in [0.717, 1.165) is 25.2 Å². The van der Waals surface area contributed by atoms with E-state index in [1.807, 2.05) is 13.0 Å². The molecular weight excluding hydrogens is 202 g/mol. The van der Waals surface area contributed by atoms with Gasteiger partial charge in [0, 0.05) is 24.9 Å². The molecular formula is C13H21NO2. The molecule has 0 radical (unpaired) electrons. The Morgan fingerprint density at radius 1 is 1.44 bits per heavy atom. The number of carboxylic acids is 1. The maximum Gasteiger partial charge on any atom is 0.330 e. The fourth-order valence-corrected chi connectivity index (χ4v) is 2.15. The molecule has 90 valence electrons. The van der Waals surface area contributed by atoms with Gasteiger partial charge >= 0.3 is 5.97 Å². The lowest BCUT2D eigenvalue weighted by molar-refractivity contribution is -0.131. The minimum absolute atomic E-state index is 0.399. The number of carboxylic acid groups (broad SMARTS) is 1. The maximum absolute atomic E-state index is 10.8. The molecule has 0 saturated carbocycles. The smallest absolute Gasteiger partial charge is 0.330 e. The lowest BCUT2D eigenvalue weighted by Crippen LogP contribution is -2.21. The normalized spacial score (nSPS) is 19.4. The molecule has 1 aliphatic heterocycles. The Kier molecular flexibility index (Phi) is 5.09. The monoisotopic (exact) mass is 223 g/mol. The predicted molar refractivity (Wildman–Crippen MR) is 65.1 cm³/mol. The second kappa shape index (κ2) is 6.36. The summed E-state index contributed by atoms with van der Waals surface area (Å²) in [5.74, 6) is -0.439. The van der Waals surface area contributed by atoms with E-state index in [-0.39, 0.29) is 0 Å². The van der Waals surface area contributed by atoms with Gasteiger partial charge in [-0.2, -0.15) is 0 Å². The molecule has 0 bridgehead atoms. The average molecular weight is 223 g/mol. The summed E-state index contributed by atoms with van der Waals surface area (Å²) < 4.78 is 0. The van der Waals surface area contributed by atoms with Crippen LogP contribution in [0.3, 0.4) is 0 Å². The van der Waals surface area contributed by atoms with Crippen molar-refractivity contribution in [2.75, 3.05) is 13.1 Å². The zero-order valence-corrected chi connectivity index (χ0v) is 10.1. The van der Waals surface area contributed by atoms with Gasteiger partial charge in [-0.05, 0) is 32.1 Å². The van der Waals surface area contributed by atoms with Crippen LogP contribution in [0.1, 0.15) is 33.1 Å². The molecule has 0 amide bonds. The van der Waals surface area contributed by atoms with Gasteiger partial charge in [0.2, 0.25) is 0 Å². The van der Waals surface area contributed by atoms with Crippen LogP contribution >= 0.6 is 0 Å². The fraction of sp³-hybridized carbons (Fsp3) is 0.615. The van der Waals surface area contributed by atoms with Crippen LogP contribution in [0.25, 0.3) is 0 Å². The van der Waals surface area contributed by atoms with Crippen molar-refractivity contribution in [1.29, 1.82) is 0 Å². The number of carbonyl (C=O) groups is 1. The van der Waals surface area contributed by atoms with Gasteiger partial charge in [-0.15, -0.1) is 0 Å². The third-order valence-electron chi connectivity index (χ3n) is 2.85. The van der Waals surface area contributed by atoms with Crippen molar-refractivity contribution in [3.05, 3.63) is 23.9 Å². The third-order valence-corrected chi connectivity index (χ3v) is 2.85. The van der Waals surface area contributed by atoms with Crippen LogP contribution in [-0.2, 0) is 4.79 Å². The number of allylic oxidation sites excluding steroid dienone is 3. The first-order valence-corrected chi connectivity index (χ1v) is 5.94. The van der Waals surface area contributed by atoms with E-state index < -0.39 is 5.97 Å². The lowest BCUT2D eigenvalue weighted by Gasteiger charge is -2.22. The molecule has 1 heterocycles. The number of hydrogen-bond donors (Lipinski definition) is 1. The van der Waals surface area contributed by atoms with Crippen LogP contribution in [0.15, 0.2) is 23.9 Å². The zero-order chi connectivity index (χ0) is 12.0. The summed E-state index contributed by atoms with van der Waals surface area (Å²) in [5.41, 5.74) is 0.968. The fourth-order valence-electron chi connectivity index (χ4n) is 2.15. The van der Waals surface area contributed by atoms with Crippen LogP contribution in [0.5, 0.6) is 0 Å². The number of aliphatic carboxylic acids is 1. The number of hydrogen-bond acceptors (Lipinski definition) is 2. The Morgan fingerprint density at radius 2 is 2.06 bits per heavy atom. The Hall–Kier alpha value is -1.25. The molecule has 0 unspecified atom stereocenters. The van der Waals surface area contributed by atoms with Gasteiger partial charge in [0.05, 0.1) is 0 Å². The minimum atomic E-state index is -0.838. The zero-order valence-electron chi connectivity index (χ0n) is 10.1. The molecule has 1 N–H and O–H groups in total. The van der Waals surface area contributed by atoms with Crippen LogP contribution in [0, 0.1) is 5.92 Å². The Morgan fingerprint density at radius 3 is 2.56 bits per heavy atom. The highest BCUT2D eigenvalue weighted by atomic mass is 16.4. The molecule has 1 atom stereocenters. The molecule has 1 fully saturated rings. The van der Waals surface area contributed by atoms with E-state index in [1.54, 1.807) is 0 Å². The van der Waals surface area contributed by atoms with Gasteiger partial charge in [0.1, 0.15) is 0 Å². The summed E-state index contributed by atoms with van der Waals surface area (Å²) in [5, 5.41) is 8.87. The first-order chi connectivity index (χ1) is 7.63. The Labute approximate surface area is 97.4 Å². The topological polar surface area (TPSA) is 40.5 Å². The molecule has 16 heavy (non-hydrogen) atoms. The summed E-state index contributed by atoms with van der Waals surface area (Å²) in [4.78, 5) is 13.0. The lowest BCUT2D eigenvalue weighted by atomic mass is 10.0.